The van der Waals surface area contributed by atoms with Crippen molar-refractivity contribution in [2.45, 2.75) is 6.92 Å². The maximum Gasteiger partial charge on any atom is 0.347 e. The zero-order valence-electron chi connectivity index (χ0n) is 11.3. The van der Waals surface area contributed by atoms with Crippen LogP contribution in [0.5, 0.6) is 0 Å². The Balaban J connectivity index is 0.00000176. The van der Waals surface area contributed by atoms with Gasteiger partial charge in [0.25, 0.3) is 0 Å². The van der Waals surface area contributed by atoms with Crippen molar-refractivity contribution < 1.29 is 10.6 Å². The van der Waals surface area contributed by atoms with Gasteiger partial charge in [-0.15, -0.1) is 0 Å². The number of carbonyl (C=O) groups is 1. The standard InChI is InChI=1S/C16H12N2O3.H2/c1-10(19)17-12-8-6-11(7-9-12)15-18-14-5-3-2-4-13(14)16(20)21-15;/h2-9H,1H3,(H,17,19);1H. The van der Waals surface area contributed by atoms with E-state index < -0.39 is 5.63 Å². The molecule has 0 saturated carbocycles. The Morgan fingerprint density at radius 3 is 2.57 bits per heavy atom. The van der Waals surface area contributed by atoms with Gasteiger partial charge in [0.15, 0.2) is 0 Å². The fourth-order valence-corrected chi connectivity index (χ4v) is 2.04. The SMILES string of the molecule is CC(=O)Nc1ccc(-c2nc3ccccc3c(=O)o2)cc1.[HH]. The van der Waals surface area contributed by atoms with Gasteiger partial charge in [-0.3, -0.25) is 4.79 Å². The van der Waals surface area contributed by atoms with Crippen LogP contribution in [0.15, 0.2) is 57.7 Å². The number of fused-ring (bicyclic) bond motifs is 1. The number of para-hydroxylation sites is 1. The van der Waals surface area contributed by atoms with Gasteiger partial charge in [0.2, 0.25) is 11.8 Å². The number of nitrogens with zero attached hydrogens (tertiary/aromatic N) is 1. The van der Waals surface area contributed by atoms with E-state index in [1.165, 1.54) is 6.92 Å². The first kappa shape index (κ1) is 13.1. The van der Waals surface area contributed by atoms with Crippen LogP contribution >= 0.6 is 0 Å². The fourth-order valence-electron chi connectivity index (χ4n) is 2.04. The summed E-state index contributed by atoms with van der Waals surface area (Å²) >= 11 is 0. The number of anilines is 1. The molecule has 0 aliphatic carbocycles. The van der Waals surface area contributed by atoms with Gasteiger partial charge in [-0.1, -0.05) is 12.1 Å². The molecule has 0 saturated heterocycles. The van der Waals surface area contributed by atoms with Crippen LogP contribution in [0.1, 0.15) is 8.35 Å². The summed E-state index contributed by atoms with van der Waals surface area (Å²) in [7, 11) is 0. The molecule has 3 rings (SSSR count). The molecule has 0 aliphatic heterocycles. The molecular formula is C16H14N2O3. The van der Waals surface area contributed by atoms with E-state index in [9.17, 15) is 9.59 Å². The summed E-state index contributed by atoms with van der Waals surface area (Å²) in [6.07, 6.45) is 0. The lowest BCUT2D eigenvalue weighted by atomic mass is 10.2. The fraction of sp³-hybridized carbons (Fsp3) is 0.0625. The summed E-state index contributed by atoms with van der Waals surface area (Å²) in [6, 6.07) is 14.0. The van der Waals surface area contributed by atoms with Gasteiger partial charge in [0.1, 0.15) is 0 Å². The first-order valence-electron chi connectivity index (χ1n) is 6.41. The monoisotopic (exact) mass is 282 g/mol. The van der Waals surface area contributed by atoms with Crippen molar-refractivity contribution in [3.05, 3.63) is 59.0 Å². The third-order valence-electron chi connectivity index (χ3n) is 2.99. The highest BCUT2D eigenvalue weighted by Gasteiger charge is 2.08. The summed E-state index contributed by atoms with van der Waals surface area (Å²) in [4.78, 5) is 27.2. The van der Waals surface area contributed by atoms with Crippen LogP contribution in [0.2, 0.25) is 0 Å². The lowest BCUT2D eigenvalue weighted by Gasteiger charge is -2.04. The van der Waals surface area contributed by atoms with Gasteiger partial charge in [-0.05, 0) is 36.4 Å². The molecule has 0 radical (unpaired) electrons. The minimum Gasteiger partial charge on any atom is -0.403 e. The molecule has 106 valence electrons. The third-order valence-corrected chi connectivity index (χ3v) is 2.99. The van der Waals surface area contributed by atoms with E-state index in [2.05, 4.69) is 10.3 Å². The molecule has 0 aliphatic rings. The average Bonchev–Trinajstić information content (AvgIpc) is 2.47. The van der Waals surface area contributed by atoms with Gasteiger partial charge >= 0.3 is 5.63 Å². The molecular weight excluding hydrogens is 268 g/mol. The normalized spacial score (nSPS) is 10.5. The van der Waals surface area contributed by atoms with E-state index in [0.29, 0.717) is 22.2 Å². The maximum absolute atomic E-state index is 11.9. The largest absolute Gasteiger partial charge is 0.403 e. The molecule has 3 aromatic rings. The van der Waals surface area contributed by atoms with Crippen molar-refractivity contribution in [3.63, 3.8) is 0 Å². The predicted octanol–water partition coefficient (Wildman–Crippen LogP) is 3.06. The van der Waals surface area contributed by atoms with Crippen molar-refractivity contribution in [2.75, 3.05) is 5.32 Å². The maximum atomic E-state index is 11.9. The molecule has 1 heterocycles. The Bertz CT molecular complexity index is 872. The molecule has 0 bridgehead atoms. The summed E-state index contributed by atoms with van der Waals surface area (Å²) in [6.45, 7) is 1.44. The molecule has 5 nitrogen and oxygen atoms in total. The van der Waals surface area contributed by atoms with Crippen LogP contribution < -0.4 is 10.9 Å². The van der Waals surface area contributed by atoms with Gasteiger partial charge in [-0.2, -0.15) is 0 Å². The number of hydrogen-bond donors (Lipinski definition) is 1. The molecule has 0 spiro atoms. The molecule has 0 fully saturated rings. The number of rotatable bonds is 2. The lowest BCUT2D eigenvalue weighted by Crippen LogP contribution is -2.05. The average molecular weight is 282 g/mol. The van der Waals surface area contributed by atoms with E-state index >= 15 is 0 Å². The molecule has 0 atom stereocenters. The Kier molecular flexibility index (Phi) is 3.23. The number of amides is 1. The van der Waals surface area contributed by atoms with Crippen LogP contribution in [-0.4, -0.2) is 10.9 Å². The van der Waals surface area contributed by atoms with E-state index in [0.717, 1.165) is 0 Å². The van der Waals surface area contributed by atoms with Gasteiger partial charge in [0, 0.05) is 19.6 Å². The molecule has 1 amide bonds. The topological polar surface area (TPSA) is 72.2 Å². The third kappa shape index (κ3) is 2.67. The molecule has 1 aromatic heterocycles. The quantitative estimate of drug-likeness (QED) is 0.784. The van der Waals surface area contributed by atoms with E-state index in [-0.39, 0.29) is 13.2 Å². The molecule has 5 heteroatoms. The van der Waals surface area contributed by atoms with Gasteiger partial charge in [-0.25, -0.2) is 9.78 Å². The minimum atomic E-state index is -0.415. The minimum absolute atomic E-state index is 0. The van der Waals surface area contributed by atoms with Crippen molar-refractivity contribution in [1.29, 1.82) is 0 Å². The Morgan fingerprint density at radius 2 is 1.86 bits per heavy atom. The highest BCUT2D eigenvalue weighted by molar-refractivity contribution is 5.88. The van der Waals surface area contributed by atoms with Gasteiger partial charge < -0.3 is 9.73 Å². The Morgan fingerprint density at radius 1 is 1.14 bits per heavy atom. The highest BCUT2D eigenvalue weighted by atomic mass is 16.4. The van der Waals surface area contributed by atoms with Crippen LogP contribution in [0.3, 0.4) is 0 Å². The second kappa shape index (κ2) is 5.20. The summed E-state index contributed by atoms with van der Waals surface area (Å²) < 4.78 is 5.24. The molecule has 1 N–H and O–H groups in total. The van der Waals surface area contributed by atoms with E-state index in [1.807, 2.05) is 6.07 Å². The summed E-state index contributed by atoms with van der Waals surface area (Å²) in [5, 5.41) is 3.13. The molecule has 2 aromatic carbocycles. The van der Waals surface area contributed by atoms with Crippen molar-refractivity contribution in [1.82, 2.24) is 4.98 Å². The highest BCUT2D eigenvalue weighted by Crippen LogP contribution is 2.20. The second-order valence-electron chi connectivity index (χ2n) is 4.58. The van der Waals surface area contributed by atoms with Crippen LogP contribution in [0, 0.1) is 0 Å². The summed E-state index contributed by atoms with van der Waals surface area (Å²) in [5.41, 5.74) is 1.53. The van der Waals surface area contributed by atoms with E-state index in [1.54, 1.807) is 42.5 Å². The predicted molar refractivity (Wildman–Crippen MR) is 82.1 cm³/mol. The number of hydrogen-bond acceptors (Lipinski definition) is 4. The first-order valence-corrected chi connectivity index (χ1v) is 6.41. The number of benzene rings is 2. The Hall–Kier alpha value is -2.95. The molecule has 21 heavy (non-hydrogen) atoms. The van der Waals surface area contributed by atoms with Crippen molar-refractivity contribution >= 4 is 22.5 Å². The van der Waals surface area contributed by atoms with Gasteiger partial charge in [0.05, 0.1) is 10.9 Å². The number of aromatic nitrogens is 1. The lowest BCUT2D eigenvalue weighted by molar-refractivity contribution is -0.114. The second-order valence-corrected chi connectivity index (χ2v) is 4.58. The van der Waals surface area contributed by atoms with E-state index in [4.69, 9.17) is 4.42 Å². The van der Waals surface area contributed by atoms with Crippen LogP contribution in [-0.2, 0) is 4.79 Å². The Labute approximate surface area is 121 Å². The molecule has 0 unspecified atom stereocenters. The van der Waals surface area contributed by atoms with Crippen LogP contribution in [0.4, 0.5) is 5.69 Å². The first-order chi connectivity index (χ1) is 10.1. The summed E-state index contributed by atoms with van der Waals surface area (Å²) in [5.74, 6) is 0.117. The number of nitrogens with one attached hydrogen (secondary N) is 1. The van der Waals surface area contributed by atoms with Crippen molar-refractivity contribution in [3.8, 4) is 11.5 Å². The zero-order valence-corrected chi connectivity index (χ0v) is 11.3. The zero-order chi connectivity index (χ0) is 14.8. The van der Waals surface area contributed by atoms with Crippen molar-refractivity contribution in [2.24, 2.45) is 0 Å². The smallest absolute Gasteiger partial charge is 0.347 e. The number of carbonyl (C=O) groups excluding carboxylic acids is 1. The van der Waals surface area contributed by atoms with Crippen LogP contribution in [0.25, 0.3) is 22.4 Å².